The minimum absolute atomic E-state index is 0.172. The molecule has 1 aliphatic carbocycles. The average Bonchev–Trinajstić information content (AvgIpc) is 2.73. The summed E-state index contributed by atoms with van der Waals surface area (Å²) in [6.07, 6.45) is 3.86. The van der Waals surface area contributed by atoms with Crippen LogP contribution < -0.4 is 5.32 Å². The molecular weight excluding hydrogens is 354 g/mol. The number of esters is 1. The molecule has 5 heteroatoms. The van der Waals surface area contributed by atoms with Crippen LogP contribution in [0.15, 0.2) is 60.7 Å². The quantitative estimate of drug-likeness (QED) is 0.698. The SMILES string of the molecule is O=C(Cc1ccccc1)OCC1CCC(COC(=O)Nc2ccccc2)CC1. The molecule has 0 bridgehead atoms. The molecule has 1 fully saturated rings. The van der Waals surface area contributed by atoms with Crippen molar-refractivity contribution in [2.24, 2.45) is 11.8 Å². The summed E-state index contributed by atoms with van der Waals surface area (Å²) in [5.74, 6) is 0.598. The van der Waals surface area contributed by atoms with Crippen LogP contribution in [0.1, 0.15) is 31.2 Å². The zero-order valence-electron chi connectivity index (χ0n) is 16.0. The molecule has 0 atom stereocenters. The summed E-state index contributed by atoms with van der Waals surface area (Å²) in [7, 11) is 0. The molecule has 1 saturated carbocycles. The number of carbonyl (C=O) groups is 2. The number of ether oxygens (including phenoxy) is 2. The van der Waals surface area contributed by atoms with Gasteiger partial charge in [0, 0.05) is 5.69 Å². The van der Waals surface area contributed by atoms with E-state index in [9.17, 15) is 9.59 Å². The fraction of sp³-hybridized carbons (Fsp3) is 0.391. The standard InChI is InChI=1S/C23H27NO4/c25-22(15-18-7-3-1-4-8-18)27-16-19-11-13-20(14-12-19)17-28-23(26)24-21-9-5-2-6-10-21/h1-10,19-20H,11-17H2,(H,24,26). The summed E-state index contributed by atoms with van der Waals surface area (Å²) in [6, 6.07) is 18.9. The third kappa shape index (κ3) is 6.72. The van der Waals surface area contributed by atoms with Gasteiger partial charge < -0.3 is 9.47 Å². The van der Waals surface area contributed by atoms with Crippen LogP contribution in [0.5, 0.6) is 0 Å². The molecule has 3 rings (SSSR count). The van der Waals surface area contributed by atoms with Crippen LogP contribution in [-0.2, 0) is 20.7 Å². The lowest BCUT2D eigenvalue weighted by atomic mass is 9.83. The highest BCUT2D eigenvalue weighted by Crippen LogP contribution is 2.29. The number of carbonyl (C=O) groups excluding carboxylic acids is 2. The zero-order valence-corrected chi connectivity index (χ0v) is 16.0. The molecule has 5 nitrogen and oxygen atoms in total. The van der Waals surface area contributed by atoms with E-state index in [-0.39, 0.29) is 5.97 Å². The Morgan fingerprint density at radius 2 is 1.32 bits per heavy atom. The second kappa shape index (κ2) is 10.5. The molecule has 0 aromatic heterocycles. The molecule has 1 N–H and O–H groups in total. The first kappa shape index (κ1) is 19.9. The molecule has 0 saturated heterocycles. The molecule has 28 heavy (non-hydrogen) atoms. The first-order valence-corrected chi connectivity index (χ1v) is 9.87. The number of anilines is 1. The molecule has 0 unspecified atom stereocenters. The lowest BCUT2D eigenvalue weighted by Gasteiger charge is -2.27. The van der Waals surface area contributed by atoms with Gasteiger partial charge in [-0.1, -0.05) is 48.5 Å². The van der Waals surface area contributed by atoms with E-state index in [1.807, 2.05) is 60.7 Å². The van der Waals surface area contributed by atoms with E-state index in [1.54, 1.807) is 0 Å². The number of rotatable bonds is 7. The predicted molar refractivity (Wildman–Crippen MR) is 108 cm³/mol. The molecule has 2 aromatic carbocycles. The Kier molecular flexibility index (Phi) is 7.47. The fourth-order valence-corrected chi connectivity index (χ4v) is 3.46. The van der Waals surface area contributed by atoms with E-state index in [0.717, 1.165) is 36.9 Å². The smallest absolute Gasteiger partial charge is 0.411 e. The van der Waals surface area contributed by atoms with Crippen molar-refractivity contribution in [3.63, 3.8) is 0 Å². The maximum absolute atomic E-state index is 12.0. The second-order valence-corrected chi connectivity index (χ2v) is 7.32. The van der Waals surface area contributed by atoms with Crippen LogP contribution in [0.25, 0.3) is 0 Å². The number of para-hydroxylation sites is 1. The molecule has 1 amide bonds. The van der Waals surface area contributed by atoms with E-state index in [1.165, 1.54) is 0 Å². The van der Waals surface area contributed by atoms with Crippen LogP contribution in [0.3, 0.4) is 0 Å². The van der Waals surface area contributed by atoms with Gasteiger partial charge in [0.15, 0.2) is 0 Å². The van der Waals surface area contributed by atoms with Crippen molar-refractivity contribution >= 4 is 17.7 Å². The summed E-state index contributed by atoms with van der Waals surface area (Å²) in [6.45, 7) is 0.910. The van der Waals surface area contributed by atoms with Crippen LogP contribution in [0.4, 0.5) is 10.5 Å². The van der Waals surface area contributed by atoms with Gasteiger partial charge in [0.05, 0.1) is 19.6 Å². The third-order valence-electron chi connectivity index (χ3n) is 5.11. The van der Waals surface area contributed by atoms with Crippen molar-refractivity contribution in [2.45, 2.75) is 32.1 Å². The van der Waals surface area contributed by atoms with Gasteiger partial charge in [0.25, 0.3) is 0 Å². The highest BCUT2D eigenvalue weighted by atomic mass is 16.5. The monoisotopic (exact) mass is 381 g/mol. The zero-order chi connectivity index (χ0) is 19.6. The van der Waals surface area contributed by atoms with Crippen molar-refractivity contribution in [1.29, 1.82) is 0 Å². The molecule has 1 aliphatic rings. The molecule has 148 valence electrons. The third-order valence-corrected chi connectivity index (χ3v) is 5.11. The highest BCUT2D eigenvalue weighted by molar-refractivity contribution is 5.84. The van der Waals surface area contributed by atoms with Gasteiger partial charge in [-0.25, -0.2) is 4.79 Å². The van der Waals surface area contributed by atoms with Gasteiger partial charge in [0.1, 0.15) is 0 Å². The summed E-state index contributed by atoms with van der Waals surface area (Å²) < 4.78 is 10.8. The Morgan fingerprint density at radius 3 is 1.93 bits per heavy atom. The molecular formula is C23H27NO4. The van der Waals surface area contributed by atoms with E-state index in [4.69, 9.17) is 9.47 Å². The van der Waals surface area contributed by atoms with Gasteiger partial charge in [0.2, 0.25) is 0 Å². The predicted octanol–water partition coefficient (Wildman–Crippen LogP) is 4.83. The van der Waals surface area contributed by atoms with Gasteiger partial charge in [-0.15, -0.1) is 0 Å². The molecule has 0 aliphatic heterocycles. The fourth-order valence-electron chi connectivity index (χ4n) is 3.46. The van der Waals surface area contributed by atoms with Crippen molar-refractivity contribution in [1.82, 2.24) is 0 Å². The highest BCUT2D eigenvalue weighted by Gasteiger charge is 2.23. The van der Waals surface area contributed by atoms with Crippen molar-refractivity contribution < 1.29 is 19.1 Å². The Bertz CT molecular complexity index is 674. The first-order chi connectivity index (χ1) is 13.7. The normalized spacial score (nSPS) is 18.9. The lowest BCUT2D eigenvalue weighted by Crippen LogP contribution is -2.25. The summed E-state index contributed by atoms with van der Waals surface area (Å²) in [4.78, 5) is 23.8. The van der Waals surface area contributed by atoms with Crippen molar-refractivity contribution in [3.8, 4) is 0 Å². The van der Waals surface area contributed by atoms with E-state index >= 15 is 0 Å². The number of hydrogen-bond acceptors (Lipinski definition) is 4. The Hall–Kier alpha value is -2.82. The molecule has 0 spiro atoms. The summed E-state index contributed by atoms with van der Waals surface area (Å²) in [5, 5.41) is 2.72. The van der Waals surface area contributed by atoms with Gasteiger partial charge in [-0.3, -0.25) is 10.1 Å². The van der Waals surface area contributed by atoms with Crippen LogP contribution >= 0.6 is 0 Å². The Morgan fingerprint density at radius 1 is 0.786 bits per heavy atom. The largest absolute Gasteiger partial charge is 0.465 e. The van der Waals surface area contributed by atoms with Crippen LogP contribution in [0.2, 0.25) is 0 Å². The molecule has 0 radical (unpaired) electrons. The molecule has 0 heterocycles. The maximum Gasteiger partial charge on any atom is 0.411 e. The van der Waals surface area contributed by atoms with E-state index in [0.29, 0.717) is 31.5 Å². The van der Waals surface area contributed by atoms with Crippen molar-refractivity contribution in [3.05, 3.63) is 66.2 Å². The maximum atomic E-state index is 12.0. The van der Waals surface area contributed by atoms with Crippen molar-refractivity contribution in [2.75, 3.05) is 18.5 Å². The average molecular weight is 381 g/mol. The van der Waals surface area contributed by atoms with E-state index < -0.39 is 6.09 Å². The number of hydrogen-bond donors (Lipinski definition) is 1. The summed E-state index contributed by atoms with van der Waals surface area (Å²) >= 11 is 0. The second-order valence-electron chi connectivity index (χ2n) is 7.32. The van der Waals surface area contributed by atoms with Gasteiger partial charge in [-0.2, -0.15) is 0 Å². The summed E-state index contributed by atoms with van der Waals surface area (Å²) in [5.41, 5.74) is 1.70. The van der Waals surface area contributed by atoms with Crippen LogP contribution in [-0.4, -0.2) is 25.3 Å². The Balaban J connectivity index is 1.29. The minimum Gasteiger partial charge on any atom is -0.465 e. The topological polar surface area (TPSA) is 64.6 Å². The van der Waals surface area contributed by atoms with Gasteiger partial charge in [-0.05, 0) is 55.2 Å². The molecule has 2 aromatic rings. The number of amides is 1. The van der Waals surface area contributed by atoms with Crippen LogP contribution in [0, 0.1) is 11.8 Å². The Labute approximate surface area is 166 Å². The first-order valence-electron chi connectivity index (χ1n) is 9.87. The minimum atomic E-state index is -0.414. The van der Waals surface area contributed by atoms with E-state index in [2.05, 4.69) is 5.32 Å². The number of nitrogens with one attached hydrogen (secondary N) is 1. The number of benzene rings is 2. The van der Waals surface area contributed by atoms with Gasteiger partial charge >= 0.3 is 12.1 Å². The lowest BCUT2D eigenvalue weighted by molar-refractivity contribution is -0.144.